The van der Waals surface area contributed by atoms with Crippen molar-refractivity contribution in [2.45, 2.75) is 71.4 Å². The minimum absolute atomic E-state index is 0.103. The lowest BCUT2D eigenvalue weighted by Gasteiger charge is -2.21. The number of halogens is 3. The third-order valence-corrected chi connectivity index (χ3v) is 5.45. The van der Waals surface area contributed by atoms with E-state index in [1.807, 2.05) is 32.0 Å². The van der Waals surface area contributed by atoms with E-state index >= 15 is 0 Å². The Bertz CT molecular complexity index is 991. The molecule has 1 atom stereocenters. The van der Waals surface area contributed by atoms with Gasteiger partial charge < -0.3 is 20.5 Å². The van der Waals surface area contributed by atoms with E-state index < -0.39 is 24.6 Å². The molecule has 2 aromatic carbocycles. The summed E-state index contributed by atoms with van der Waals surface area (Å²) in [6, 6.07) is 10.1. The number of unbranched alkanes of at least 4 members (excludes halogenated alkanes) is 1. The predicted octanol–water partition coefficient (Wildman–Crippen LogP) is 7.28. The molecule has 6 nitrogen and oxygen atoms in total. The summed E-state index contributed by atoms with van der Waals surface area (Å²) < 4.78 is 43.5. The van der Waals surface area contributed by atoms with Crippen molar-refractivity contribution in [3.05, 3.63) is 53.1 Å². The van der Waals surface area contributed by atoms with E-state index in [2.05, 4.69) is 10.6 Å². The Morgan fingerprint density at radius 3 is 2.37 bits per heavy atom. The SMILES string of the molecule is CCCCc1cc([C@H](C)CC(=O)O)cc(NC(=O)Nc2ccc(C)cc2)c1OCCCC(F)(F)F. The number of nitrogens with one attached hydrogen (secondary N) is 2. The number of carbonyl (C=O) groups is 2. The number of alkyl halides is 3. The van der Waals surface area contributed by atoms with E-state index in [4.69, 9.17) is 4.74 Å². The highest BCUT2D eigenvalue weighted by atomic mass is 19.4. The topological polar surface area (TPSA) is 87.7 Å². The Morgan fingerprint density at radius 1 is 1.09 bits per heavy atom. The molecule has 0 aliphatic carbocycles. The first-order chi connectivity index (χ1) is 16.5. The van der Waals surface area contributed by atoms with Crippen LogP contribution in [-0.2, 0) is 11.2 Å². The molecule has 0 aromatic heterocycles. The van der Waals surface area contributed by atoms with E-state index in [0.29, 0.717) is 29.1 Å². The van der Waals surface area contributed by atoms with Gasteiger partial charge in [0.15, 0.2) is 0 Å². The highest BCUT2D eigenvalue weighted by Crippen LogP contribution is 2.36. The van der Waals surface area contributed by atoms with Crippen LogP contribution in [0.5, 0.6) is 5.75 Å². The predicted molar refractivity (Wildman–Crippen MR) is 130 cm³/mol. The summed E-state index contributed by atoms with van der Waals surface area (Å²) in [6.45, 7) is 5.53. The van der Waals surface area contributed by atoms with Crippen molar-refractivity contribution < 1.29 is 32.6 Å². The van der Waals surface area contributed by atoms with Gasteiger partial charge >= 0.3 is 18.2 Å². The molecule has 9 heteroatoms. The van der Waals surface area contributed by atoms with E-state index in [0.717, 1.165) is 24.0 Å². The van der Waals surface area contributed by atoms with Crippen molar-refractivity contribution in [3.8, 4) is 5.75 Å². The number of ether oxygens (including phenoxy) is 1. The van der Waals surface area contributed by atoms with E-state index in [-0.39, 0.29) is 25.4 Å². The molecule has 192 valence electrons. The molecular formula is C26H33F3N2O4. The Balaban J connectivity index is 2.36. The summed E-state index contributed by atoms with van der Waals surface area (Å²) in [5.74, 6) is -0.981. The summed E-state index contributed by atoms with van der Waals surface area (Å²) in [5.41, 5.74) is 3.32. The lowest BCUT2D eigenvalue weighted by Crippen LogP contribution is -2.21. The molecule has 0 heterocycles. The van der Waals surface area contributed by atoms with Crippen LogP contribution in [-0.4, -0.2) is 29.9 Å². The molecule has 0 aliphatic heterocycles. The van der Waals surface area contributed by atoms with Crippen LogP contribution in [0.15, 0.2) is 36.4 Å². The zero-order chi connectivity index (χ0) is 26.0. The first-order valence-electron chi connectivity index (χ1n) is 11.7. The van der Waals surface area contributed by atoms with E-state index in [9.17, 15) is 27.9 Å². The maximum Gasteiger partial charge on any atom is 0.389 e. The number of amides is 2. The minimum Gasteiger partial charge on any atom is -0.491 e. The van der Waals surface area contributed by atoms with Gasteiger partial charge in [0.25, 0.3) is 0 Å². The highest BCUT2D eigenvalue weighted by Gasteiger charge is 2.26. The van der Waals surface area contributed by atoms with Gasteiger partial charge in [-0.1, -0.05) is 44.0 Å². The number of carbonyl (C=O) groups excluding carboxylic acids is 1. The van der Waals surface area contributed by atoms with Crippen LogP contribution in [0.1, 0.15) is 68.6 Å². The quantitative estimate of drug-likeness (QED) is 0.271. The van der Waals surface area contributed by atoms with Crippen LogP contribution >= 0.6 is 0 Å². The Hall–Kier alpha value is -3.23. The van der Waals surface area contributed by atoms with Crippen LogP contribution in [0.25, 0.3) is 0 Å². The summed E-state index contributed by atoms with van der Waals surface area (Å²) >= 11 is 0. The van der Waals surface area contributed by atoms with Crippen LogP contribution in [0.3, 0.4) is 0 Å². The van der Waals surface area contributed by atoms with E-state index in [1.165, 1.54) is 0 Å². The molecule has 0 radical (unpaired) electrons. The first kappa shape index (κ1) is 28.0. The molecule has 0 spiro atoms. The van der Waals surface area contributed by atoms with Crippen LogP contribution < -0.4 is 15.4 Å². The van der Waals surface area contributed by atoms with Gasteiger partial charge in [-0.05, 0) is 61.4 Å². The molecule has 0 unspecified atom stereocenters. The fourth-order valence-corrected chi connectivity index (χ4v) is 3.56. The third-order valence-electron chi connectivity index (χ3n) is 5.45. The lowest BCUT2D eigenvalue weighted by atomic mass is 9.93. The van der Waals surface area contributed by atoms with Gasteiger partial charge in [-0.2, -0.15) is 13.2 Å². The molecule has 0 saturated heterocycles. The maximum absolute atomic E-state index is 12.7. The van der Waals surface area contributed by atoms with Crippen molar-refractivity contribution in [2.24, 2.45) is 0 Å². The fraction of sp³-hybridized carbons (Fsp3) is 0.462. The van der Waals surface area contributed by atoms with Crippen molar-refractivity contribution in [3.63, 3.8) is 0 Å². The average Bonchev–Trinajstić information content (AvgIpc) is 2.76. The van der Waals surface area contributed by atoms with Crippen LogP contribution in [0.4, 0.5) is 29.3 Å². The van der Waals surface area contributed by atoms with Crippen molar-refractivity contribution >= 4 is 23.4 Å². The minimum atomic E-state index is -4.28. The molecule has 0 aliphatic rings. The Morgan fingerprint density at radius 2 is 1.77 bits per heavy atom. The van der Waals surface area contributed by atoms with Gasteiger partial charge in [0.05, 0.1) is 18.7 Å². The number of aryl methyl sites for hydroxylation is 2. The number of hydrogen-bond donors (Lipinski definition) is 3. The summed E-state index contributed by atoms with van der Waals surface area (Å²) in [5, 5.41) is 14.7. The van der Waals surface area contributed by atoms with Gasteiger partial charge in [-0.3, -0.25) is 4.79 Å². The number of anilines is 2. The summed E-state index contributed by atoms with van der Waals surface area (Å²) in [6.07, 6.45) is -3.32. The monoisotopic (exact) mass is 494 g/mol. The molecule has 0 saturated carbocycles. The number of benzene rings is 2. The summed E-state index contributed by atoms with van der Waals surface area (Å²) in [4.78, 5) is 24.0. The first-order valence-corrected chi connectivity index (χ1v) is 11.7. The molecule has 35 heavy (non-hydrogen) atoms. The zero-order valence-corrected chi connectivity index (χ0v) is 20.3. The Labute approximate surface area is 203 Å². The van der Waals surface area contributed by atoms with Gasteiger partial charge in [0.2, 0.25) is 0 Å². The number of aliphatic carboxylic acids is 1. The van der Waals surface area contributed by atoms with Crippen LogP contribution in [0, 0.1) is 6.92 Å². The number of rotatable bonds is 12. The van der Waals surface area contributed by atoms with Gasteiger partial charge in [-0.15, -0.1) is 0 Å². The van der Waals surface area contributed by atoms with Crippen molar-refractivity contribution in [2.75, 3.05) is 17.2 Å². The largest absolute Gasteiger partial charge is 0.491 e. The standard InChI is InChI=1S/C26H33F3N2O4/c1-4-5-7-19-15-20(18(3)14-23(32)33)16-22(24(19)35-13-6-12-26(27,28)29)31-25(34)30-21-10-8-17(2)9-11-21/h8-11,15-16,18H,4-7,12-14H2,1-3H3,(H,32,33)(H2,30,31,34)/t18-/m1/s1. The number of carboxylic acid groups (broad SMARTS) is 1. The summed E-state index contributed by atoms with van der Waals surface area (Å²) in [7, 11) is 0. The molecule has 2 aromatic rings. The number of hydrogen-bond acceptors (Lipinski definition) is 3. The molecule has 2 amide bonds. The number of carboxylic acids is 1. The second kappa shape index (κ2) is 13.0. The molecule has 3 N–H and O–H groups in total. The third kappa shape index (κ3) is 9.88. The molecular weight excluding hydrogens is 461 g/mol. The molecule has 0 fully saturated rings. The van der Waals surface area contributed by atoms with Crippen LogP contribution in [0.2, 0.25) is 0 Å². The smallest absolute Gasteiger partial charge is 0.389 e. The molecule has 0 bridgehead atoms. The second-order valence-electron chi connectivity index (χ2n) is 8.67. The normalized spacial score (nSPS) is 12.2. The highest BCUT2D eigenvalue weighted by molar-refractivity contribution is 6.01. The van der Waals surface area contributed by atoms with Crippen molar-refractivity contribution in [1.82, 2.24) is 0 Å². The van der Waals surface area contributed by atoms with Gasteiger partial charge in [0.1, 0.15) is 5.75 Å². The van der Waals surface area contributed by atoms with E-state index in [1.54, 1.807) is 25.1 Å². The second-order valence-corrected chi connectivity index (χ2v) is 8.67. The molecule has 2 rings (SSSR count). The van der Waals surface area contributed by atoms with Gasteiger partial charge in [-0.25, -0.2) is 4.79 Å². The zero-order valence-electron chi connectivity index (χ0n) is 20.3. The maximum atomic E-state index is 12.7. The Kier molecular flexibility index (Phi) is 10.4. The number of urea groups is 1. The fourth-order valence-electron chi connectivity index (χ4n) is 3.56. The van der Waals surface area contributed by atoms with Gasteiger partial charge in [0, 0.05) is 12.1 Å². The average molecular weight is 495 g/mol. The van der Waals surface area contributed by atoms with Crippen molar-refractivity contribution in [1.29, 1.82) is 0 Å². The lowest BCUT2D eigenvalue weighted by molar-refractivity contribution is -0.138.